The number of benzene rings is 1. The number of aromatic nitrogens is 3. The van der Waals surface area contributed by atoms with Crippen LogP contribution < -0.4 is 0 Å². The summed E-state index contributed by atoms with van der Waals surface area (Å²) >= 11 is 3.51. The van der Waals surface area contributed by atoms with Crippen molar-refractivity contribution in [2.45, 2.75) is 18.5 Å². The average molecular weight is 501 g/mol. The van der Waals surface area contributed by atoms with E-state index in [9.17, 15) is 0 Å². The van der Waals surface area contributed by atoms with Crippen molar-refractivity contribution < 1.29 is 4.42 Å². The van der Waals surface area contributed by atoms with E-state index in [4.69, 9.17) is 20.8 Å². The van der Waals surface area contributed by atoms with Crippen molar-refractivity contribution in [3.8, 4) is 23.8 Å². The average Bonchev–Trinajstić information content (AvgIpc) is 3.46. The molecule has 2 aromatic heterocycles. The molecule has 2 aliphatic heterocycles. The number of rotatable bonds is 4. The Morgan fingerprint density at radius 2 is 1.85 bits per heavy atom. The fourth-order valence-electron chi connectivity index (χ4n) is 3.91. The van der Waals surface area contributed by atoms with Crippen LogP contribution in [0.25, 0.3) is 17.5 Å². The molecule has 7 nitrogen and oxygen atoms in total. The lowest BCUT2D eigenvalue weighted by molar-refractivity contribution is 0.200. The summed E-state index contributed by atoms with van der Waals surface area (Å²) < 4.78 is 6.83. The highest BCUT2D eigenvalue weighted by molar-refractivity contribution is 9.10. The van der Waals surface area contributed by atoms with Gasteiger partial charge in [0.2, 0.25) is 11.8 Å². The van der Waals surface area contributed by atoms with Crippen molar-refractivity contribution in [3.63, 3.8) is 0 Å². The maximum atomic E-state index is 5.81. The number of hydrogen-bond acceptors (Lipinski definition) is 7. The van der Waals surface area contributed by atoms with Crippen molar-refractivity contribution in [3.05, 3.63) is 70.3 Å². The molecule has 1 spiro atoms. The van der Waals surface area contributed by atoms with Gasteiger partial charge in [0.1, 0.15) is 0 Å². The fourth-order valence-corrected chi connectivity index (χ4v) is 4.17. The van der Waals surface area contributed by atoms with Gasteiger partial charge in [0.05, 0.1) is 17.0 Å². The van der Waals surface area contributed by atoms with E-state index in [2.05, 4.69) is 61.1 Å². The summed E-state index contributed by atoms with van der Waals surface area (Å²) in [4.78, 5) is 16.6. The van der Waals surface area contributed by atoms with Crippen LogP contribution in [0.5, 0.6) is 0 Å². The minimum Gasteiger partial charge on any atom is -0.417 e. The Morgan fingerprint density at radius 3 is 2.61 bits per heavy atom. The number of halogens is 1. The molecular formula is C25H21BrN6O. The summed E-state index contributed by atoms with van der Waals surface area (Å²) in [5.41, 5.74) is 3.66. The number of nitrogens with zero attached hydrogens (tertiary/aromatic N) is 6. The molecule has 0 aliphatic carbocycles. The second-order valence-corrected chi connectivity index (χ2v) is 9.05. The Morgan fingerprint density at radius 1 is 1.06 bits per heavy atom. The summed E-state index contributed by atoms with van der Waals surface area (Å²) in [6.07, 6.45) is 14.2. The number of terminal acetylenes is 1. The number of likely N-dealkylation sites (tertiary alicyclic amines) is 1. The van der Waals surface area contributed by atoms with Crippen LogP contribution in [0.4, 0.5) is 0 Å². The monoisotopic (exact) mass is 500 g/mol. The first-order valence-electron chi connectivity index (χ1n) is 10.6. The molecule has 1 saturated heterocycles. The molecule has 5 rings (SSSR count). The topological polar surface area (TPSA) is 79.8 Å². The number of pyridine rings is 1. The number of hydrogen-bond donors (Lipinski definition) is 0. The second kappa shape index (κ2) is 8.85. The molecule has 3 aromatic rings. The molecule has 33 heavy (non-hydrogen) atoms. The molecule has 8 heteroatoms. The molecule has 0 amide bonds. The zero-order valence-corrected chi connectivity index (χ0v) is 19.7. The smallest absolute Gasteiger partial charge is 0.249 e. The van der Waals surface area contributed by atoms with Crippen molar-refractivity contribution in [2.24, 2.45) is 9.98 Å². The van der Waals surface area contributed by atoms with Gasteiger partial charge < -0.3 is 9.32 Å². The van der Waals surface area contributed by atoms with Crippen molar-refractivity contribution in [1.82, 2.24) is 20.1 Å². The van der Waals surface area contributed by atoms with E-state index in [0.717, 1.165) is 47.4 Å². The maximum absolute atomic E-state index is 5.81. The van der Waals surface area contributed by atoms with Crippen molar-refractivity contribution in [2.75, 3.05) is 20.1 Å². The van der Waals surface area contributed by atoms with Gasteiger partial charge in [-0.3, -0.25) is 15.0 Å². The van der Waals surface area contributed by atoms with Gasteiger partial charge in [-0.05, 0) is 31.3 Å². The molecule has 0 atom stereocenters. The Bertz CT molecular complexity index is 1310. The van der Waals surface area contributed by atoms with E-state index < -0.39 is 5.66 Å². The van der Waals surface area contributed by atoms with Crippen molar-refractivity contribution >= 4 is 33.4 Å². The van der Waals surface area contributed by atoms with E-state index in [1.807, 2.05) is 18.2 Å². The molecule has 0 unspecified atom stereocenters. The normalized spacial score (nSPS) is 17.8. The predicted octanol–water partition coefficient (Wildman–Crippen LogP) is 4.25. The Kier molecular flexibility index (Phi) is 5.75. The predicted molar refractivity (Wildman–Crippen MR) is 132 cm³/mol. The van der Waals surface area contributed by atoms with Crippen LogP contribution in [0.3, 0.4) is 0 Å². The van der Waals surface area contributed by atoms with Crippen LogP contribution in [0, 0.1) is 12.3 Å². The Hall–Kier alpha value is -3.41. The van der Waals surface area contributed by atoms with Crippen LogP contribution in [0.15, 0.2) is 67.7 Å². The van der Waals surface area contributed by atoms with Gasteiger partial charge in [0, 0.05) is 60.0 Å². The minimum atomic E-state index is -0.407. The highest BCUT2D eigenvalue weighted by atomic mass is 79.9. The van der Waals surface area contributed by atoms with Crippen LogP contribution in [-0.2, 0) is 0 Å². The fraction of sp³-hybridized carbons (Fsp3) is 0.240. The maximum Gasteiger partial charge on any atom is 0.249 e. The van der Waals surface area contributed by atoms with Gasteiger partial charge in [0.25, 0.3) is 0 Å². The van der Waals surface area contributed by atoms with Gasteiger partial charge in [-0.2, -0.15) is 0 Å². The largest absolute Gasteiger partial charge is 0.417 e. The summed E-state index contributed by atoms with van der Waals surface area (Å²) in [6.45, 7) is 1.94. The summed E-state index contributed by atoms with van der Waals surface area (Å²) in [6, 6.07) is 9.92. The van der Waals surface area contributed by atoms with Crippen molar-refractivity contribution in [1.29, 1.82) is 0 Å². The third-order valence-corrected chi connectivity index (χ3v) is 6.30. The molecule has 0 radical (unpaired) electrons. The summed E-state index contributed by atoms with van der Waals surface area (Å²) in [7, 11) is 2.13. The molecule has 1 fully saturated rings. The molecule has 0 bridgehead atoms. The Balaban J connectivity index is 1.44. The number of aliphatic imine (C=N–C) groups is 2. The van der Waals surface area contributed by atoms with Gasteiger partial charge in [-0.25, -0.2) is 0 Å². The third kappa shape index (κ3) is 4.56. The molecule has 0 saturated carbocycles. The standard InChI is InChI=1S/C25H21BrN6O/c1-3-17-14-19(16-27-15-17)24-31-30-22(33-24)9-8-21-23(18-4-6-20(26)7-5-18)29-25(28-21)10-12-32(2)13-11-25/h1,4-9,14-16H,10-13H2,2H3. The van der Waals surface area contributed by atoms with E-state index >= 15 is 0 Å². The van der Waals surface area contributed by atoms with Crippen LogP contribution in [0.1, 0.15) is 29.9 Å². The van der Waals surface area contributed by atoms with E-state index in [0.29, 0.717) is 22.9 Å². The molecule has 4 heterocycles. The SMILES string of the molecule is C#Cc1cncc(-c2nnc(C=CC3=NC4(CCN(C)CC4)N=C3c3ccc(Br)cc3)o2)c1. The highest BCUT2D eigenvalue weighted by Crippen LogP contribution is 2.33. The van der Waals surface area contributed by atoms with Gasteiger partial charge in [-0.15, -0.1) is 16.6 Å². The molecule has 0 N–H and O–H groups in total. The first-order valence-corrected chi connectivity index (χ1v) is 11.4. The molecular weight excluding hydrogens is 480 g/mol. The van der Waals surface area contributed by atoms with Gasteiger partial charge >= 0.3 is 0 Å². The zero-order chi connectivity index (χ0) is 22.8. The number of allylic oxidation sites excluding steroid dienone is 1. The highest BCUT2D eigenvalue weighted by Gasteiger charge is 2.38. The lowest BCUT2D eigenvalue weighted by Gasteiger charge is -2.33. The molecule has 2 aliphatic rings. The first-order chi connectivity index (χ1) is 16.0. The quantitative estimate of drug-likeness (QED) is 0.500. The molecule has 1 aromatic carbocycles. The zero-order valence-electron chi connectivity index (χ0n) is 18.1. The van der Waals surface area contributed by atoms with Crippen LogP contribution >= 0.6 is 15.9 Å². The molecule has 164 valence electrons. The first kappa shape index (κ1) is 21.4. The second-order valence-electron chi connectivity index (χ2n) is 8.14. The summed E-state index contributed by atoms with van der Waals surface area (Å²) in [5.74, 6) is 3.30. The van der Waals surface area contributed by atoms with E-state index in [-0.39, 0.29) is 0 Å². The minimum absolute atomic E-state index is 0.362. The lowest BCUT2D eigenvalue weighted by atomic mass is 9.99. The Labute approximate surface area is 200 Å². The van der Waals surface area contributed by atoms with E-state index in [1.54, 1.807) is 24.5 Å². The van der Waals surface area contributed by atoms with Crippen LogP contribution in [0.2, 0.25) is 0 Å². The van der Waals surface area contributed by atoms with Gasteiger partial charge in [-0.1, -0.05) is 34.0 Å². The number of piperidine rings is 1. The third-order valence-electron chi connectivity index (χ3n) is 5.77. The van der Waals surface area contributed by atoms with E-state index in [1.165, 1.54) is 0 Å². The summed E-state index contributed by atoms with van der Waals surface area (Å²) in [5, 5.41) is 8.27. The lowest BCUT2D eigenvalue weighted by Crippen LogP contribution is -2.39. The van der Waals surface area contributed by atoms with Crippen LogP contribution in [-0.4, -0.2) is 57.3 Å². The van der Waals surface area contributed by atoms with Gasteiger partial charge in [0.15, 0.2) is 5.66 Å².